The van der Waals surface area contributed by atoms with Crippen LogP contribution in [0, 0.1) is 0 Å². The minimum Gasteiger partial charge on any atom is -0.447 e. The second kappa shape index (κ2) is 13.3. The maximum atomic E-state index is 12.1. The number of carbonyl (C=O) groups excluding carboxylic acids is 2. The Kier molecular flexibility index (Phi) is 10.1. The lowest BCUT2D eigenvalue weighted by molar-refractivity contribution is 0.0651. The average molecular weight is 478 g/mol. The van der Waals surface area contributed by atoms with Gasteiger partial charge >= 0.3 is 12.2 Å². The van der Waals surface area contributed by atoms with Gasteiger partial charge in [0, 0.05) is 38.5 Å². The van der Waals surface area contributed by atoms with Gasteiger partial charge in [-0.2, -0.15) is 0 Å². The first kappa shape index (κ1) is 25.2. The molecule has 2 N–H and O–H groups in total. The summed E-state index contributed by atoms with van der Waals surface area (Å²) in [5.41, 5.74) is 3.56. The lowest BCUT2D eigenvalue weighted by Crippen LogP contribution is -2.42. The molecule has 3 rings (SSSR count). The van der Waals surface area contributed by atoms with Gasteiger partial charge in [0.05, 0.1) is 0 Å². The van der Waals surface area contributed by atoms with Crippen LogP contribution in [0.3, 0.4) is 0 Å². The fourth-order valence-electron chi connectivity index (χ4n) is 3.94. The van der Waals surface area contributed by atoms with E-state index < -0.39 is 12.2 Å². The number of nitrogens with one attached hydrogen (secondary N) is 2. The molecule has 2 amide bonds. The molecule has 2 aliphatic rings. The molecule has 2 saturated heterocycles. The number of alkyl carbamates (subject to hydrolysis) is 1. The predicted octanol–water partition coefficient (Wildman–Crippen LogP) is 3.22. The Morgan fingerprint density at radius 3 is 2.55 bits per heavy atom. The fraction of sp³-hybridized carbons (Fsp3) is 0.609. The number of hydrazone groups is 1. The summed E-state index contributed by atoms with van der Waals surface area (Å²) in [4.78, 5) is 28.5. The second-order valence-electron chi connectivity index (χ2n) is 8.25. The van der Waals surface area contributed by atoms with Gasteiger partial charge in [-0.3, -0.25) is 0 Å². The van der Waals surface area contributed by atoms with Crippen molar-refractivity contribution >= 4 is 29.1 Å². The van der Waals surface area contributed by atoms with Gasteiger partial charge in [0.1, 0.15) is 12.7 Å². The van der Waals surface area contributed by atoms with E-state index in [2.05, 4.69) is 25.6 Å². The molecule has 0 aromatic heterocycles. The molecule has 9 nitrogen and oxygen atoms in total. The standard InChI is InChI=1S/C23H35N5O4S/c1-3-33-21(25-26-23(30)31-17-19-10-7-13-27(19)2)28-14-11-20(12-15-28)32-22(29)24-16-18-8-5-4-6-9-18/h4-6,8-9,19-20H,3,7,10-17H2,1-2H3,(H,24,29)(H,26,30)/b25-21-/t19-/m0/s1. The van der Waals surface area contributed by atoms with Crippen molar-refractivity contribution in [2.75, 3.05) is 39.0 Å². The summed E-state index contributed by atoms with van der Waals surface area (Å²) in [6.07, 6.45) is 2.54. The molecule has 2 heterocycles. The lowest BCUT2D eigenvalue weighted by Gasteiger charge is -2.33. The van der Waals surface area contributed by atoms with Crippen molar-refractivity contribution in [3.63, 3.8) is 0 Å². The SMILES string of the molecule is CCS/C(=N\NC(=O)OC[C@@H]1CCCN1C)N1CCC(OC(=O)NCc2ccccc2)CC1. The van der Waals surface area contributed by atoms with Crippen molar-refractivity contribution in [1.29, 1.82) is 0 Å². The minimum atomic E-state index is -0.530. The quantitative estimate of drug-likeness (QED) is 0.354. The number of benzene rings is 1. The third-order valence-corrected chi connectivity index (χ3v) is 6.76. The van der Waals surface area contributed by atoms with E-state index in [-0.39, 0.29) is 12.1 Å². The van der Waals surface area contributed by atoms with E-state index in [9.17, 15) is 9.59 Å². The van der Waals surface area contributed by atoms with Crippen molar-refractivity contribution < 1.29 is 19.1 Å². The monoisotopic (exact) mass is 477 g/mol. The summed E-state index contributed by atoms with van der Waals surface area (Å²) < 4.78 is 10.9. The Labute approximate surface area is 200 Å². The number of likely N-dealkylation sites (tertiary alicyclic amines) is 2. The van der Waals surface area contributed by atoms with Crippen LogP contribution in [0.5, 0.6) is 0 Å². The summed E-state index contributed by atoms with van der Waals surface area (Å²) in [7, 11) is 2.05. The number of carbonyl (C=O) groups is 2. The number of ether oxygens (including phenoxy) is 2. The zero-order valence-corrected chi connectivity index (χ0v) is 20.3. The van der Waals surface area contributed by atoms with Gasteiger partial charge in [-0.1, -0.05) is 49.0 Å². The molecule has 0 saturated carbocycles. The molecule has 2 fully saturated rings. The normalized spacial score (nSPS) is 19.9. The summed E-state index contributed by atoms with van der Waals surface area (Å²) in [6, 6.07) is 10.0. The van der Waals surface area contributed by atoms with Gasteiger partial charge in [0.2, 0.25) is 0 Å². The number of hydrogen-bond donors (Lipinski definition) is 2. The minimum absolute atomic E-state index is 0.133. The van der Waals surface area contributed by atoms with Crippen LogP contribution >= 0.6 is 11.8 Å². The molecule has 182 valence electrons. The van der Waals surface area contributed by atoms with E-state index in [4.69, 9.17) is 9.47 Å². The van der Waals surface area contributed by atoms with Gasteiger partial charge in [-0.05, 0) is 37.8 Å². The van der Waals surface area contributed by atoms with E-state index in [0.29, 0.717) is 39.1 Å². The first-order valence-electron chi connectivity index (χ1n) is 11.6. The average Bonchev–Trinajstić information content (AvgIpc) is 3.25. The van der Waals surface area contributed by atoms with Crippen LogP contribution in [0.2, 0.25) is 0 Å². The van der Waals surface area contributed by atoms with Crippen LogP contribution in [-0.2, 0) is 16.0 Å². The highest BCUT2D eigenvalue weighted by molar-refractivity contribution is 8.13. The largest absolute Gasteiger partial charge is 0.447 e. The molecule has 0 radical (unpaired) electrons. The van der Waals surface area contributed by atoms with Crippen LogP contribution in [0.1, 0.15) is 38.2 Å². The molecule has 1 aromatic rings. The Hall–Kier alpha value is -2.46. The Bertz CT molecular complexity index is 786. The number of thioether (sulfide) groups is 1. The van der Waals surface area contributed by atoms with Crippen LogP contribution in [-0.4, -0.2) is 78.3 Å². The molecule has 33 heavy (non-hydrogen) atoms. The van der Waals surface area contributed by atoms with Crippen LogP contribution < -0.4 is 10.7 Å². The number of hydrogen-bond acceptors (Lipinski definition) is 7. The molecule has 0 spiro atoms. The highest BCUT2D eigenvalue weighted by Gasteiger charge is 2.25. The number of nitrogens with zero attached hydrogens (tertiary/aromatic N) is 3. The Balaban J connectivity index is 1.38. The summed E-state index contributed by atoms with van der Waals surface area (Å²) >= 11 is 1.57. The first-order chi connectivity index (χ1) is 16.0. The molecule has 1 aromatic carbocycles. The number of amidine groups is 1. The van der Waals surface area contributed by atoms with Gasteiger partial charge in [0.25, 0.3) is 0 Å². The van der Waals surface area contributed by atoms with Gasteiger partial charge in [0.15, 0.2) is 5.17 Å². The van der Waals surface area contributed by atoms with Crippen molar-refractivity contribution in [2.24, 2.45) is 5.10 Å². The van der Waals surface area contributed by atoms with Crippen LogP contribution in [0.4, 0.5) is 9.59 Å². The van der Waals surface area contributed by atoms with E-state index in [1.54, 1.807) is 11.8 Å². The third kappa shape index (κ3) is 8.43. The Morgan fingerprint density at radius 2 is 1.88 bits per heavy atom. The topological polar surface area (TPSA) is 95.5 Å². The van der Waals surface area contributed by atoms with E-state index >= 15 is 0 Å². The number of likely N-dealkylation sites (N-methyl/N-ethyl adjacent to an activating group) is 1. The van der Waals surface area contributed by atoms with Crippen molar-refractivity contribution in [2.45, 2.75) is 51.3 Å². The van der Waals surface area contributed by atoms with Gasteiger partial charge < -0.3 is 24.6 Å². The highest BCUT2D eigenvalue weighted by atomic mass is 32.2. The van der Waals surface area contributed by atoms with Gasteiger partial charge in [-0.15, -0.1) is 5.10 Å². The fourth-order valence-corrected chi connectivity index (χ4v) is 4.67. The van der Waals surface area contributed by atoms with Crippen molar-refractivity contribution in [3.8, 4) is 0 Å². The summed E-state index contributed by atoms with van der Waals surface area (Å²) in [5.74, 6) is 0.834. The molecular weight excluding hydrogens is 442 g/mol. The molecule has 2 aliphatic heterocycles. The number of amides is 2. The zero-order chi connectivity index (χ0) is 23.5. The smallest absolute Gasteiger partial charge is 0.427 e. The third-order valence-electron chi connectivity index (χ3n) is 5.86. The first-order valence-corrected chi connectivity index (χ1v) is 12.6. The van der Waals surface area contributed by atoms with Crippen LogP contribution in [0.25, 0.3) is 0 Å². The molecule has 1 atom stereocenters. The number of rotatable bonds is 7. The lowest BCUT2D eigenvalue weighted by atomic mass is 10.1. The predicted molar refractivity (Wildman–Crippen MR) is 130 cm³/mol. The van der Waals surface area contributed by atoms with Crippen molar-refractivity contribution in [3.05, 3.63) is 35.9 Å². The zero-order valence-electron chi connectivity index (χ0n) is 19.5. The molecule has 0 bridgehead atoms. The van der Waals surface area contributed by atoms with Crippen molar-refractivity contribution in [1.82, 2.24) is 20.5 Å². The van der Waals surface area contributed by atoms with Crippen LogP contribution in [0.15, 0.2) is 35.4 Å². The van der Waals surface area contributed by atoms with Gasteiger partial charge in [-0.25, -0.2) is 15.0 Å². The molecule has 10 heteroatoms. The highest BCUT2D eigenvalue weighted by Crippen LogP contribution is 2.19. The second-order valence-corrected chi connectivity index (χ2v) is 9.48. The van der Waals surface area contributed by atoms with E-state index in [1.807, 2.05) is 44.3 Å². The van der Waals surface area contributed by atoms with E-state index in [0.717, 1.165) is 35.9 Å². The Morgan fingerprint density at radius 1 is 1.12 bits per heavy atom. The number of piperidine rings is 1. The maximum absolute atomic E-state index is 12.1. The molecular formula is C23H35N5O4S. The molecule has 0 aliphatic carbocycles. The van der Waals surface area contributed by atoms with E-state index in [1.165, 1.54) is 0 Å². The summed E-state index contributed by atoms with van der Waals surface area (Å²) in [5, 5.41) is 7.85. The molecule has 0 unspecified atom stereocenters. The summed E-state index contributed by atoms with van der Waals surface area (Å²) in [6.45, 7) is 5.31. The maximum Gasteiger partial charge on any atom is 0.427 e.